The molecule has 1 saturated heterocycles. The van der Waals surface area contributed by atoms with Gasteiger partial charge in [0.1, 0.15) is 5.82 Å². The summed E-state index contributed by atoms with van der Waals surface area (Å²) in [6, 6.07) is 6.29. The molecular formula is C16H24FNO. The van der Waals surface area contributed by atoms with Gasteiger partial charge in [0.25, 0.3) is 0 Å². The van der Waals surface area contributed by atoms with Gasteiger partial charge in [-0.2, -0.15) is 0 Å². The fraction of sp³-hybridized carbons (Fsp3) is 0.625. The van der Waals surface area contributed by atoms with E-state index in [9.17, 15) is 9.50 Å². The van der Waals surface area contributed by atoms with Crippen molar-refractivity contribution in [3.63, 3.8) is 0 Å². The first-order chi connectivity index (χ1) is 9.25. The van der Waals surface area contributed by atoms with Gasteiger partial charge >= 0.3 is 0 Å². The predicted molar refractivity (Wildman–Crippen MR) is 75.5 cm³/mol. The van der Waals surface area contributed by atoms with E-state index in [1.165, 1.54) is 44.2 Å². The normalized spacial score (nSPS) is 19.7. The second-order valence-corrected chi connectivity index (χ2v) is 5.47. The molecule has 1 fully saturated rings. The maximum absolute atomic E-state index is 13.1. The first-order valence-corrected chi connectivity index (χ1v) is 7.41. The first kappa shape index (κ1) is 14.5. The molecule has 2 nitrogen and oxygen atoms in total. The Bertz CT molecular complexity index is 375. The molecule has 1 N–H and O–H groups in total. The lowest BCUT2D eigenvalue weighted by Crippen LogP contribution is -2.29. The molecule has 1 atom stereocenters. The van der Waals surface area contributed by atoms with Crippen molar-refractivity contribution in [2.75, 3.05) is 19.6 Å². The van der Waals surface area contributed by atoms with E-state index >= 15 is 0 Å². The van der Waals surface area contributed by atoms with Crippen molar-refractivity contribution < 1.29 is 9.50 Å². The molecule has 0 aliphatic carbocycles. The summed E-state index contributed by atoms with van der Waals surface area (Å²) in [7, 11) is 0. The third-order valence-electron chi connectivity index (χ3n) is 3.90. The van der Waals surface area contributed by atoms with Crippen LogP contribution in [0, 0.1) is 5.82 Å². The summed E-state index contributed by atoms with van der Waals surface area (Å²) in [5.74, 6) is -0.275. The van der Waals surface area contributed by atoms with E-state index in [1.807, 2.05) is 0 Å². The number of halogens is 1. The molecule has 1 heterocycles. The van der Waals surface area contributed by atoms with E-state index in [-0.39, 0.29) is 5.82 Å². The number of aliphatic hydroxyl groups is 1. The van der Waals surface area contributed by atoms with Gasteiger partial charge in [-0.3, -0.25) is 0 Å². The Balaban J connectivity index is 1.80. The van der Waals surface area contributed by atoms with Crippen LogP contribution in [0.2, 0.25) is 0 Å². The molecule has 0 bridgehead atoms. The van der Waals surface area contributed by atoms with Gasteiger partial charge in [-0.15, -0.1) is 0 Å². The zero-order valence-corrected chi connectivity index (χ0v) is 11.5. The van der Waals surface area contributed by atoms with E-state index in [0.29, 0.717) is 12.0 Å². The summed E-state index contributed by atoms with van der Waals surface area (Å²) in [4.78, 5) is 2.43. The molecule has 1 aromatic carbocycles. The van der Waals surface area contributed by atoms with Crippen molar-refractivity contribution in [1.82, 2.24) is 4.90 Å². The van der Waals surface area contributed by atoms with Crippen LogP contribution >= 0.6 is 0 Å². The van der Waals surface area contributed by atoms with E-state index in [0.717, 1.165) is 19.6 Å². The number of rotatable bonds is 4. The molecule has 3 heteroatoms. The van der Waals surface area contributed by atoms with Gasteiger partial charge in [0.15, 0.2) is 0 Å². The van der Waals surface area contributed by atoms with Crippen molar-refractivity contribution in [1.29, 1.82) is 0 Å². The van der Waals surface area contributed by atoms with E-state index < -0.39 is 6.10 Å². The lowest BCUT2D eigenvalue weighted by Gasteiger charge is -2.25. The maximum atomic E-state index is 13.1. The number of benzene rings is 1. The second kappa shape index (κ2) is 7.61. The molecule has 0 amide bonds. The van der Waals surface area contributed by atoms with Gasteiger partial charge in [-0.1, -0.05) is 31.4 Å². The van der Waals surface area contributed by atoms with Crippen LogP contribution in [-0.4, -0.2) is 29.6 Å². The Morgan fingerprint density at radius 2 is 1.79 bits per heavy atom. The van der Waals surface area contributed by atoms with Gasteiger partial charge in [0.05, 0.1) is 6.10 Å². The predicted octanol–water partition coefficient (Wildman–Crippen LogP) is 3.52. The molecule has 1 aliphatic rings. The van der Waals surface area contributed by atoms with Crippen LogP contribution in [0.25, 0.3) is 0 Å². The number of hydrogen-bond acceptors (Lipinski definition) is 2. The molecular weight excluding hydrogens is 241 g/mol. The number of hydrogen-bond donors (Lipinski definition) is 1. The lowest BCUT2D eigenvalue weighted by molar-refractivity contribution is 0.138. The highest BCUT2D eigenvalue weighted by Gasteiger charge is 2.12. The Morgan fingerprint density at radius 1 is 1.11 bits per heavy atom. The molecule has 1 aliphatic heterocycles. The molecule has 0 saturated carbocycles. The molecule has 106 valence electrons. The van der Waals surface area contributed by atoms with Gasteiger partial charge in [-0.05, 0) is 50.0 Å². The summed E-state index contributed by atoms with van der Waals surface area (Å²) in [5, 5.41) is 10.1. The van der Waals surface area contributed by atoms with Crippen LogP contribution in [0.4, 0.5) is 4.39 Å². The Hall–Kier alpha value is -0.930. The summed E-state index contributed by atoms with van der Waals surface area (Å²) in [5.41, 5.74) is 0.687. The minimum atomic E-state index is -0.554. The fourth-order valence-corrected chi connectivity index (χ4v) is 2.72. The molecule has 1 unspecified atom stereocenters. The molecule has 0 spiro atoms. The highest BCUT2D eigenvalue weighted by molar-refractivity contribution is 5.18. The second-order valence-electron chi connectivity index (χ2n) is 5.47. The minimum Gasteiger partial charge on any atom is -0.388 e. The molecule has 0 aromatic heterocycles. The summed E-state index contributed by atoms with van der Waals surface area (Å²) >= 11 is 0. The van der Waals surface area contributed by atoms with Crippen LogP contribution in [0.1, 0.15) is 50.2 Å². The number of aliphatic hydroxyl groups excluding tert-OH is 1. The van der Waals surface area contributed by atoms with E-state index in [1.54, 1.807) is 12.1 Å². The van der Waals surface area contributed by atoms with Crippen LogP contribution in [0.15, 0.2) is 24.3 Å². The average Bonchev–Trinajstić information content (AvgIpc) is 2.37. The van der Waals surface area contributed by atoms with Crippen molar-refractivity contribution >= 4 is 0 Å². The highest BCUT2D eigenvalue weighted by atomic mass is 19.1. The van der Waals surface area contributed by atoms with Crippen LogP contribution in [0.3, 0.4) is 0 Å². The summed E-state index contributed by atoms with van der Waals surface area (Å²) in [6.07, 6.45) is 6.66. The molecule has 1 aromatic rings. The van der Waals surface area contributed by atoms with Crippen LogP contribution < -0.4 is 0 Å². The zero-order chi connectivity index (χ0) is 13.5. The Morgan fingerprint density at radius 3 is 2.47 bits per heavy atom. The summed E-state index contributed by atoms with van der Waals surface area (Å²) in [6.45, 7) is 3.17. The Labute approximate surface area is 115 Å². The average molecular weight is 265 g/mol. The standard InChI is InChI=1S/C16H24FNO/c17-15-8-6-7-14(13-15)16(19)9-12-18-10-4-2-1-3-5-11-18/h6-8,13,16,19H,1-5,9-12H2. The zero-order valence-electron chi connectivity index (χ0n) is 11.5. The van der Waals surface area contributed by atoms with E-state index in [2.05, 4.69) is 4.90 Å². The lowest BCUT2D eigenvalue weighted by atomic mass is 10.0. The monoisotopic (exact) mass is 265 g/mol. The van der Waals surface area contributed by atoms with Gasteiger partial charge in [0.2, 0.25) is 0 Å². The van der Waals surface area contributed by atoms with Gasteiger partial charge < -0.3 is 10.0 Å². The largest absolute Gasteiger partial charge is 0.388 e. The van der Waals surface area contributed by atoms with E-state index in [4.69, 9.17) is 0 Å². The van der Waals surface area contributed by atoms with Crippen molar-refractivity contribution in [2.24, 2.45) is 0 Å². The summed E-state index contributed by atoms with van der Waals surface area (Å²) < 4.78 is 13.1. The molecule has 2 rings (SSSR count). The molecule has 19 heavy (non-hydrogen) atoms. The Kier molecular flexibility index (Phi) is 5.80. The SMILES string of the molecule is OC(CCN1CCCCCCC1)c1cccc(F)c1. The smallest absolute Gasteiger partial charge is 0.123 e. The quantitative estimate of drug-likeness (QED) is 0.900. The number of likely N-dealkylation sites (tertiary alicyclic amines) is 1. The molecule has 0 radical (unpaired) electrons. The van der Waals surface area contributed by atoms with Gasteiger partial charge in [-0.25, -0.2) is 4.39 Å². The number of nitrogens with zero attached hydrogens (tertiary/aromatic N) is 1. The third-order valence-corrected chi connectivity index (χ3v) is 3.90. The first-order valence-electron chi connectivity index (χ1n) is 7.41. The minimum absolute atomic E-state index is 0.275. The maximum Gasteiger partial charge on any atom is 0.123 e. The highest BCUT2D eigenvalue weighted by Crippen LogP contribution is 2.19. The van der Waals surface area contributed by atoms with Crippen molar-refractivity contribution in [3.05, 3.63) is 35.6 Å². The topological polar surface area (TPSA) is 23.5 Å². The van der Waals surface area contributed by atoms with Crippen LogP contribution in [0.5, 0.6) is 0 Å². The van der Waals surface area contributed by atoms with Crippen molar-refractivity contribution in [3.8, 4) is 0 Å². The third kappa shape index (κ3) is 4.92. The van der Waals surface area contributed by atoms with Crippen LogP contribution in [-0.2, 0) is 0 Å². The fourth-order valence-electron chi connectivity index (χ4n) is 2.72. The van der Waals surface area contributed by atoms with Gasteiger partial charge in [0, 0.05) is 6.54 Å². The van der Waals surface area contributed by atoms with Crippen molar-refractivity contribution in [2.45, 2.75) is 44.6 Å².